The second-order valence-corrected chi connectivity index (χ2v) is 3.74. The normalized spacial score (nSPS) is 12.8. The molecule has 3 nitrogen and oxygen atoms in total. The fraction of sp³-hybridized carbons (Fsp3) is 0.364. The van der Waals surface area contributed by atoms with Crippen LogP contribution in [-0.2, 0) is 11.3 Å². The molecule has 0 aliphatic carbocycles. The zero-order valence-electron chi connectivity index (χ0n) is 9.63. The van der Waals surface area contributed by atoms with Crippen LogP contribution in [0.1, 0.15) is 15.9 Å². The van der Waals surface area contributed by atoms with E-state index in [1.807, 2.05) is 0 Å². The van der Waals surface area contributed by atoms with Crippen LogP contribution >= 0.6 is 0 Å². The molecule has 0 radical (unpaired) electrons. The van der Waals surface area contributed by atoms with Crippen LogP contribution in [0.4, 0.5) is 26.3 Å². The molecule has 9 heteroatoms. The number of hydrogen-bond acceptors (Lipinski definition) is 2. The summed E-state index contributed by atoms with van der Waals surface area (Å²) in [4.78, 5) is 10.8. The fourth-order valence-corrected chi connectivity index (χ4v) is 1.40. The average Bonchev–Trinajstić information content (AvgIpc) is 2.25. The van der Waals surface area contributed by atoms with E-state index in [4.69, 9.17) is 5.11 Å². The van der Waals surface area contributed by atoms with Crippen molar-refractivity contribution in [3.8, 4) is 0 Å². The number of ether oxygens (including phenoxy) is 1. The molecule has 20 heavy (non-hydrogen) atoms. The van der Waals surface area contributed by atoms with Gasteiger partial charge in [-0.05, 0) is 11.6 Å². The van der Waals surface area contributed by atoms with E-state index >= 15 is 0 Å². The molecule has 1 N–H and O–H groups in total. The minimum absolute atomic E-state index is 0.279. The molecule has 1 rings (SSSR count). The molecule has 1 aromatic rings. The predicted octanol–water partition coefficient (Wildman–Crippen LogP) is 3.39. The Bertz CT molecular complexity index is 466. The lowest BCUT2D eigenvalue weighted by Crippen LogP contribution is -2.44. The summed E-state index contributed by atoms with van der Waals surface area (Å²) in [6.45, 7) is -1.12. The minimum atomic E-state index is -5.63. The molecule has 112 valence electrons. The highest BCUT2D eigenvalue weighted by Crippen LogP contribution is 2.36. The summed E-state index contributed by atoms with van der Waals surface area (Å²) in [5.74, 6) is -1.47. The van der Waals surface area contributed by atoms with Crippen molar-refractivity contribution in [2.24, 2.45) is 0 Å². The SMILES string of the molecule is O=C(O)c1ccccc1COC(C(F)(F)F)C(F)(F)F. The standard InChI is InChI=1S/C11H8F6O3/c12-10(13,14)9(11(15,16)17)20-5-6-3-1-2-4-7(6)8(18)19/h1-4,9H,5H2,(H,18,19). The van der Waals surface area contributed by atoms with Crippen molar-refractivity contribution in [3.05, 3.63) is 35.4 Å². The monoisotopic (exact) mass is 302 g/mol. The fourth-order valence-electron chi connectivity index (χ4n) is 1.40. The predicted molar refractivity (Wildman–Crippen MR) is 54.1 cm³/mol. The van der Waals surface area contributed by atoms with Crippen LogP contribution in [-0.4, -0.2) is 29.5 Å². The zero-order valence-corrected chi connectivity index (χ0v) is 9.63. The molecule has 0 spiro atoms. The van der Waals surface area contributed by atoms with Crippen molar-refractivity contribution in [1.82, 2.24) is 0 Å². The number of hydrogen-bond donors (Lipinski definition) is 1. The highest BCUT2D eigenvalue weighted by molar-refractivity contribution is 5.89. The molecular formula is C11H8F6O3. The summed E-state index contributed by atoms with van der Waals surface area (Å²) in [6, 6.07) is 4.70. The van der Waals surface area contributed by atoms with Crippen molar-refractivity contribution < 1.29 is 41.0 Å². The number of carbonyl (C=O) groups is 1. The van der Waals surface area contributed by atoms with Crippen molar-refractivity contribution in [3.63, 3.8) is 0 Å². The van der Waals surface area contributed by atoms with E-state index in [2.05, 4.69) is 4.74 Å². The Balaban J connectivity index is 2.92. The van der Waals surface area contributed by atoms with Crippen LogP contribution in [0.5, 0.6) is 0 Å². The largest absolute Gasteiger partial charge is 0.478 e. The Kier molecular flexibility index (Phi) is 4.64. The maximum absolute atomic E-state index is 12.2. The molecule has 0 atom stereocenters. The van der Waals surface area contributed by atoms with Crippen LogP contribution in [0, 0.1) is 0 Å². The molecule has 0 aliphatic rings. The van der Waals surface area contributed by atoms with Gasteiger partial charge in [0, 0.05) is 0 Å². The third kappa shape index (κ3) is 4.12. The first-order valence-electron chi connectivity index (χ1n) is 5.09. The summed E-state index contributed by atoms with van der Waals surface area (Å²) in [7, 11) is 0. The first-order chi connectivity index (χ1) is 9.03. The van der Waals surface area contributed by atoms with Gasteiger partial charge in [-0.2, -0.15) is 26.3 Å². The van der Waals surface area contributed by atoms with Crippen LogP contribution in [0.2, 0.25) is 0 Å². The smallest absolute Gasteiger partial charge is 0.423 e. The maximum atomic E-state index is 12.2. The van der Waals surface area contributed by atoms with E-state index in [1.165, 1.54) is 12.1 Å². The maximum Gasteiger partial charge on any atom is 0.423 e. The number of rotatable bonds is 4. The minimum Gasteiger partial charge on any atom is -0.478 e. The number of alkyl halides is 6. The van der Waals surface area contributed by atoms with Gasteiger partial charge in [0.1, 0.15) is 0 Å². The summed E-state index contributed by atoms with van der Waals surface area (Å²) in [5.41, 5.74) is -0.700. The van der Waals surface area contributed by atoms with Gasteiger partial charge in [-0.15, -0.1) is 0 Å². The van der Waals surface area contributed by atoms with Gasteiger partial charge in [0.2, 0.25) is 6.10 Å². The van der Waals surface area contributed by atoms with Gasteiger partial charge in [0.05, 0.1) is 12.2 Å². The number of halogens is 6. The van der Waals surface area contributed by atoms with Gasteiger partial charge in [0.25, 0.3) is 0 Å². The molecule has 0 aromatic heterocycles. The molecule has 0 saturated heterocycles. The molecule has 0 amide bonds. The zero-order chi connectivity index (χ0) is 15.6. The molecule has 0 aliphatic heterocycles. The topological polar surface area (TPSA) is 46.5 Å². The van der Waals surface area contributed by atoms with Crippen molar-refractivity contribution >= 4 is 5.97 Å². The number of carboxylic acid groups (broad SMARTS) is 1. The van der Waals surface area contributed by atoms with Gasteiger partial charge in [-0.1, -0.05) is 18.2 Å². The van der Waals surface area contributed by atoms with Crippen LogP contribution < -0.4 is 0 Å². The molecule has 0 saturated carbocycles. The first-order valence-corrected chi connectivity index (χ1v) is 5.09. The van der Waals surface area contributed by atoms with Gasteiger partial charge in [0.15, 0.2) is 0 Å². The Morgan fingerprint density at radius 1 is 1.10 bits per heavy atom. The molecular weight excluding hydrogens is 294 g/mol. The van der Waals surface area contributed by atoms with Crippen LogP contribution in [0.15, 0.2) is 24.3 Å². The quantitative estimate of drug-likeness (QED) is 0.867. The van der Waals surface area contributed by atoms with E-state index in [0.29, 0.717) is 0 Å². The van der Waals surface area contributed by atoms with E-state index in [1.54, 1.807) is 0 Å². The van der Waals surface area contributed by atoms with Gasteiger partial charge in [-0.25, -0.2) is 4.79 Å². The molecule has 0 heterocycles. The average molecular weight is 302 g/mol. The third-order valence-corrected chi connectivity index (χ3v) is 2.25. The lowest BCUT2D eigenvalue weighted by molar-refractivity contribution is -0.324. The highest BCUT2D eigenvalue weighted by Gasteiger charge is 2.58. The number of carboxylic acids is 1. The van der Waals surface area contributed by atoms with Crippen molar-refractivity contribution in [2.45, 2.75) is 25.1 Å². The Hall–Kier alpha value is -1.77. The second-order valence-electron chi connectivity index (χ2n) is 3.74. The van der Waals surface area contributed by atoms with E-state index < -0.39 is 36.6 Å². The number of benzene rings is 1. The summed E-state index contributed by atoms with van der Waals surface area (Å²) in [5, 5.41) is 8.75. The Labute approximate surface area is 108 Å². The van der Waals surface area contributed by atoms with Crippen LogP contribution in [0.3, 0.4) is 0 Å². The lowest BCUT2D eigenvalue weighted by Gasteiger charge is -2.23. The summed E-state index contributed by atoms with van der Waals surface area (Å²) in [6.07, 6.45) is -15.2. The molecule has 0 unspecified atom stereocenters. The second kappa shape index (κ2) is 5.70. The first kappa shape index (κ1) is 16.3. The van der Waals surface area contributed by atoms with E-state index in [9.17, 15) is 31.1 Å². The van der Waals surface area contributed by atoms with Crippen LogP contribution in [0.25, 0.3) is 0 Å². The van der Waals surface area contributed by atoms with Crippen molar-refractivity contribution in [1.29, 1.82) is 0 Å². The Morgan fingerprint density at radius 2 is 1.60 bits per heavy atom. The van der Waals surface area contributed by atoms with E-state index in [-0.39, 0.29) is 5.56 Å². The van der Waals surface area contributed by atoms with Gasteiger partial charge in [-0.3, -0.25) is 0 Å². The summed E-state index contributed by atoms with van der Waals surface area (Å²) >= 11 is 0. The molecule has 0 fully saturated rings. The van der Waals surface area contributed by atoms with Crippen molar-refractivity contribution in [2.75, 3.05) is 0 Å². The molecule has 1 aromatic carbocycles. The number of aromatic carboxylic acids is 1. The lowest BCUT2D eigenvalue weighted by atomic mass is 10.1. The summed E-state index contributed by atoms with van der Waals surface area (Å²) < 4.78 is 77.1. The third-order valence-electron chi connectivity index (χ3n) is 2.25. The van der Waals surface area contributed by atoms with Gasteiger partial charge < -0.3 is 9.84 Å². The van der Waals surface area contributed by atoms with Gasteiger partial charge >= 0.3 is 18.3 Å². The Morgan fingerprint density at radius 3 is 2.05 bits per heavy atom. The highest BCUT2D eigenvalue weighted by atomic mass is 19.4. The van der Waals surface area contributed by atoms with E-state index in [0.717, 1.165) is 12.1 Å². The molecule has 0 bridgehead atoms.